The molecule has 1 aliphatic heterocycles. The van der Waals surface area contributed by atoms with Crippen LogP contribution in [0.3, 0.4) is 0 Å². The molecule has 0 saturated carbocycles. The van der Waals surface area contributed by atoms with Crippen molar-refractivity contribution in [3.63, 3.8) is 0 Å². The van der Waals surface area contributed by atoms with Gasteiger partial charge in [0.1, 0.15) is 0 Å². The number of unbranched alkanes of at least 4 members (excludes halogenated alkanes) is 1. The van der Waals surface area contributed by atoms with Gasteiger partial charge in [-0.05, 0) is 18.1 Å². The molecule has 106 valence electrons. The summed E-state index contributed by atoms with van der Waals surface area (Å²) in [5, 5.41) is 0. The lowest BCUT2D eigenvalue weighted by Gasteiger charge is -2.13. The number of benzene rings is 1. The smallest absolute Gasteiger partial charge is 0.202 e. The summed E-state index contributed by atoms with van der Waals surface area (Å²) in [6, 6.07) is 8.20. The van der Waals surface area contributed by atoms with E-state index in [9.17, 15) is 8.42 Å². The number of hydrogen-bond donors (Lipinski definition) is 2. The van der Waals surface area contributed by atoms with Gasteiger partial charge in [0.2, 0.25) is 0 Å². The highest BCUT2D eigenvalue weighted by Gasteiger charge is 2.23. The SMILES string of the molecule is CCCCNS(=O)(=O)NCC1CSc2ccccc21. The molecule has 4 nitrogen and oxygen atoms in total. The fourth-order valence-corrected chi connectivity index (χ4v) is 4.23. The first kappa shape index (κ1) is 14.8. The maximum atomic E-state index is 11.7. The molecule has 0 bridgehead atoms. The van der Waals surface area contributed by atoms with Gasteiger partial charge in [0.05, 0.1) is 0 Å². The normalized spacial score (nSPS) is 18.5. The van der Waals surface area contributed by atoms with Crippen molar-refractivity contribution >= 4 is 22.0 Å². The molecule has 0 radical (unpaired) electrons. The van der Waals surface area contributed by atoms with E-state index in [-0.39, 0.29) is 5.92 Å². The molecule has 0 fully saturated rings. The van der Waals surface area contributed by atoms with E-state index < -0.39 is 10.2 Å². The van der Waals surface area contributed by atoms with Crippen LogP contribution in [0.2, 0.25) is 0 Å². The summed E-state index contributed by atoms with van der Waals surface area (Å²) in [7, 11) is -3.35. The number of fused-ring (bicyclic) bond motifs is 1. The van der Waals surface area contributed by atoms with Crippen molar-refractivity contribution < 1.29 is 8.42 Å². The highest BCUT2D eigenvalue weighted by atomic mass is 32.2. The third-order valence-electron chi connectivity index (χ3n) is 3.14. The molecule has 0 saturated heterocycles. The zero-order valence-corrected chi connectivity index (χ0v) is 12.7. The summed E-state index contributed by atoms with van der Waals surface area (Å²) in [6.07, 6.45) is 1.85. The van der Waals surface area contributed by atoms with Gasteiger partial charge < -0.3 is 0 Å². The Kier molecular flexibility index (Phi) is 5.27. The van der Waals surface area contributed by atoms with Crippen LogP contribution in [-0.2, 0) is 10.2 Å². The first-order chi connectivity index (χ1) is 9.12. The van der Waals surface area contributed by atoms with Crippen LogP contribution in [0.1, 0.15) is 31.2 Å². The summed E-state index contributed by atoms with van der Waals surface area (Å²) in [6.45, 7) is 3.00. The van der Waals surface area contributed by atoms with E-state index >= 15 is 0 Å². The van der Waals surface area contributed by atoms with Gasteiger partial charge in [0, 0.05) is 29.7 Å². The quantitative estimate of drug-likeness (QED) is 0.758. The molecule has 19 heavy (non-hydrogen) atoms. The zero-order valence-electron chi connectivity index (χ0n) is 11.1. The molecular weight excluding hydrogens is 280 g/mol. The zero-order chi connectivity index (χ0) is 13.7. The predicted molar refractivity (Wildman–Crippen MR) is 79.7 cm³/mol. The Balaban J connectivity index is 1.87. The average molecular weight is 300 g/mol. The number of rotatable bonds is 7. The van der Waals surface area contributed by atoms with E-state index in [1.54, 1.807) is 11.8 Å². The number of hydrogen-bond acceptors (Lipinski definition) is 3. The van der Waals surface area contributed by atoms with Crippen LogP contribution >= 0.6 is 11.8 Å². The van der Waals surface area contributed by atoms with E-state index in [2.05, 4.69) is 21.6 Å². The minimum absolute atomic E-state index is 0.268. The van der Waals surface area contributed by atoms with Gasteiger partial charge in [-0.3, -0.25) is 0 Å². The van der Waals surface area contributed by atoms with Gasteiger partial charge in [-0.15, -0.1) is 11.8 Å². The average Bonchev–Trinajstić information content (AvgIpc) is 2.80. The van der Waals surface area contributed by atoms with Crippen LogP contribution < -0.4 is 9.44 Å². The van der Waals surface area contributed by atoms with E-state index in [1.165, 1.54) is 10.5 Å². The Morgan fingerprint density at radius 1 is 1.32 bits per heavy atom. The molecule has 1 aromatic rings. The van der Waals surface area contributed by atoms with Crippen molar-refractivity contribution in [1.29, 1.82) is 0 Å². The molecule has 1 atom stereocenters. The van der Waals surface area contributed by atoms with E-state index in [0.29, 0.717) is 13.1 Å². The van der Waals surface area contributed by atoms with Crippen LogP contribution in [0.15, 0.2) is 29.2 Å². The Labute approximate surface area is 119 Å². The molecule has 1 aromatic carbocycles. The maximum absolute atomic E-state index is 11.7. The second kappa shape index (κ2) is 6.74. The lowest BCUT2D eigenvalue weighted by molar-refractivity contribution is 0.558. The second-order valence-corrected chi connectivity index (χ2v) is 7.29. The predicted octanol–water partition coefficient (Wildman–Crippen LogP) is 2.10. The molecule has 2 rings (SSSR count). The van der Waals surface area contributed by atoms with Gasteiger partial charge in [-0.1, -0.05) is 31.5 Å². The monoisotopic (exact) mass is 300 g/mol. The lowest BCUT2D eigenvalue weighted by Crippen LogP contribution is -2.39. The fourth-order valence-electron chi connectivity index (χ4n) is 2.04. The van der Waals surface area contributed by atoms with Gasteiger partial charge in [0.25, 0.3) is 10.2 Å². The highest BCUT2D eigenvalue weighted by molar-refractivity contribution is 7.99. The van der Waals surface area contributed by atoms with Crippen LogP contribution in [0, 0.1) is 0 Å². The summed E-state index contributed by atoms with van der Waals surface area (Å²) in [5.74, 6) is 1.21. The van der Waals surface area contributed by atoms with Crippen LogP contribution in [-0.4, -0.2) is 27.3 Å². The highest BCUT2D eigenvalue weighted by Crippen LogP contribution is 2.38. The molecule has 0 aliphatic carbocycles. The summed E-state index contributed by atoms with van der Waals surface area (Å²) in [5.41, 5.74) is 1.25. The third kappa shape index (κ3) is 4.21. The molecule has 0 amide bonds. The molecule has 1 unspecified atom stereocenters. The van der Waals surface area contributed by atoms with Crippen molar-refractivity contribution in [2.24, 2.45) is 0 Å². The largest absolute Gasteiger partial charge is 0.276 e. The van der Waals surface area contributed by atoms with E-state index in [1.807, 2.05) is 19.1 Å². The van der Waals surface area contributed by atoms with Crippen LogP contribution in [0.5, 0.6) is 0 Å². The van der Waals surface area contributed by atoms with Gasteiger partial charge in [0.15, 0.2) is 0 Å². The van der Waals surface area contributed by atoms with E-state index in [4.69, 9.17) is 0 Å². The Bertz CT molecular complexity index is 517. The summed E-state index contributed by atoms with van der Waals surface area (Å²) >= 11 is 1.79. The first-order valence-electron chi connectivity index (χ1n) is 6.58. The molecule has 2 N–H and O–H groups in total. The van der Waals surface area contributed by atoms with Gasteiger partial charge in [-0.2, -0.15) is 8.42 Å². The van der Waals surface area contributed by atoms with Gasteiger partial charge in [-0.25, -0.2) is 9.44 Å². The lowest BCUT2D eigenvalue weighted by atomic mass is 10.0. The third-order valence-corrected chi connectivity index (χ3v) is 5.52. The van der Waals surface area contributed by atoms with Crippen molar-refractivity contribution in [1.82, 2.24) is 9.44 Å². The van der Waals surface area contributed by atoms with Crippen molar-refractivity contribution in [3.05, 3.63) is 29.8 Å². The minimum Gasteiger partial charge on any atom is -0.202 e. The molecule has 0 spiro atoms. The van der Waals surface area contributed by atoms with Gasteiger partial charge >= 0.3 is 0 Å². The standard InChI is InChI=1S/C13H20N2O2S2/c1-2-3-8-14-19(16,17)15-9-11-10-18-13-7-5-4-6-12(11)13/h4-7,11,14-15H,2-3,8-10H2,1H3. The topological polar surface area (TPSA) is 58.2 Å². The Morgan fingerprint density at radius 2 is 2.11 bits per heavy atom. The van der Waals surface area contributed by atoms with Crippen molar-refractivity contribution in [2.75, 3.05) is 18.8 Å². The molecule has 1 aliphatic rings. The molecule has 0 aromatic heterocycles. The Morgan fingerprint density at radius 3 is 2.89 bits per heavy atom. The van der Waals surface area contributed by atoms with E-state index in [0.717, 1.165) is 18.6 Å². The minimum atomic E-state index is -3.35. The first-order valence-corrected chi connectivity index (χ1v) is 9.05. The number of nitrogens with one attached hydrogen (secondary N) is 2. The second-order valence-electron chi connectivity index (χ2n) is 4.65. The fraction of sp³-hybridized carbons (Fsp3) is 0.538. The van der Waals surface area contributed by atoms with Crippen LogP contribution in [0.25, 0.3) is 0 Å². The molecule has 1 heterocycles. The van der Waals surface area contributed by atoms with Crippen LogP contribution in [0.4, 0.5) is 0 Å². The van der Waals surface area contributed by atoms with Crippen molar-refractivity contribution in [2.45, 2.75) is 30.6 Å². The summed E-state index contributed by atoms with van der Waals surface area (Å²) < 4.78 is 28.7. The summed E-state index contributed by atoms with van der Waals surface area (Å²) in [4.78, 5) is 1.27. The number of thioether (sulfide) groups is 1. The molecule has 6 heteroatoms. The molecular formula is C13H20N2O2S2. The van der Waals surface area contributed by atoms with Crippen molar-refractivity contribution in [3.8, 4) is 0 Å². The maximum Gasteiger partial charge on any atom is 0.276 e. The Hall–Kier alpha value is -0.560.